The van der Waals surface area contributed by atoms with Gasteiger partial charge in [-0.1, -0.05) is 44.2 Å². The van der Waals surface area contributed by atoms with Crippen molar-refractivity contribution in [2.45, 2.75) is 44.6 Å². The number of hydrogen-bond acceptors (Lipinski definition) is 2. The quantitative estimate of drug-likeness (QED) is 0.818. The van der Waals surface area contributed by atoms with Crippen LogP contribution in [0.15, 0.2) is 30.3 Å². The Hall–Kier alpha value is -0.860. The van der Waals surface area contributed by atoms with Crippen LogP contribution in [0.4, 0.5) is 0 Å². The lowest BCUT2D eigenvalue weighted by Gasteiger charge is -2.47. The van der Waals surface area contributed by atoms with Crippen LogP contribution in [0.25, 0.3) is 0 Å². The Morgan fingerprint density at radius 1 is 1.15 bits per heavy atom. The third-order valence-electron chi connectivity index (χ3n) is 5.08. The van der Waals surface area contributed by atoms with Gasteiger partial charge in [0.1, 0.15) is 0 Å². The van der Waals surface area contributed by atoms with E-state index in [0.717, 1.165) is 13.1 Å². The fourth-order valence-corrected chi connectivity index (χ4v) is 3.27. The number of benzene rings is 1. The lowest BCUT2D eigenvalue weighted by atomic mass is 9.75. The summed E-state index contributed by atoms with van der Waals surface area (Å²) in [6.45, 7) is 6.85. The Morgan fingerprint density at radius 2 is 1.80 bits per heavy atom. The number of rotatable bonds is 7. The zero-order valence-corrected chi connectivity index (χ0v) is 13.5. The summed E-state index contributed by atoms with van der Waals surface area (Å²) in [5, 5.41) is 3.75. The maximum absolute atomic E-state index is 3.75. The summed E-state index contributed by atoms with van der Waals surface area (Å²) in [4.78, 5) is 2.41. The highest BCUT2D eigenvalue weighted by Gasteiger charge is 2.38. The highest BCUT2D eigenvalue weighted by atomic mass is 15.2. The fraction of sp³-hybridized carbons (Fsp3) is 0.667. The molecule has 1 atom stereocenters. The maximum Gasteiger partial charge on any atom is 0.0327 e. The van der Waals surface area contributed by atoms with Crippen molar-refractivity contribution >= 4 is 0 Å². The van der Waals surface area contributed by atoms with Crippen molar-refractivity contribution < 1.29 is 0 Å². The van der Waals surface area contributed by atoms with Crippen LogP contribution in [0.2, 0.25) is 0 Å². The third-order valence-corrected chi connectivity index (χ3v) is 5.08. The molecular formula is C18H30N2. The molecular weight excluding hydrogens is 244 g/mol. The molecule has 2 heteroatoms. The van der Waals surface area contributed by atoms with E-state index in [9.17, 15) is 0 Å². The van der Waals surface area contributed by atoms with Crippen LogP contribution in [-0.2, 0) is 0 Å². The largest absolute Gasteiger partial charge is 0.314 e. The summed E-state index contributed by atoms with van der Waals surface area (Å²) in [6.07, 6.45) is 4.06. The van der Waals surface area contributed by atoms with Crippen LogP contribution in [0.3, 0.4) is 0 Å². The molecule has 20 heavy (non-hydrogen) atoms. The molecule has 0 amide bonds. The minimum atomic E-state index is 0.415. The summed E-state index contributed by atoms with van der Waals surface area (Å²) >= 11 is 0. The van der Waals surface area contributed by atoms with E-state index in [1.165, 1.54) is 24.8 Å². The fourth-order valence-electron chi connectivity index (χ4n) is 3.27. The van der Waals surface area contributed by atoms with Crippen molar-refractivity contribution in [1.29, 1.82) is 0 Å². The van der Waals surface area contributed by atoms with Crippen molar-refractivity contribution in [2.24, 2.45) is 5.92 Å². The number of likely N-dealkylation sites (N-methyl/N-ethyl adjacent to an activating group) is 1. The number of nitrogens with zero attached hydrogens (tertiary/aromatic N) is 1. The predicted octanol–water partition coefficient (Wildman–Crippen LogP) is 3.50. The molecule has 0 saturated heterocycles. The van der Waals surface area contributed by atoms with Crippen LogP contribution < -0.4 is 5.32 Å². The van der Waals surface area contributed by atoms with Crippen LogP contribution in [0, 0.1) is 5.92 Å². The molecule has 112 valence electrons. The zero-order valence-electron chi connectivity index (χ0n) is 13.5. The van der Waals surface area contributed by atoms with E-state index >= 15 is 0 Å². The number of hydrogen-bond donors (Lipinski definition) is 1. The first kappa shape index (κ1) is 15.5. The zero-order chi connectivity index (χ0) is 14.6. The van der Waals surface area contributed by atoms with Crippen LogP contribution in [0.5, 0.6) is 0 Å². The van der Waals surface area contributed by atoms with Gasteiger partial charge in [-0.05, 0) is 50.8 Å². The van der Waals surface area contributed by atoms with Gasteiger partial charge in [-0.15, -0.1) is 0 Å². The van der Waals surface area contributed by atoms with E-state index in [4.69, 9.17) is 0 Å². The van der Waals surface area contributed by atoms with Crippen LogP contribution in [0.1, 0.15) is 44.6 Å². The first-order chi connectivity index (χ1) is 9.55. The molecule has 0 bridgehead atoms. The normalized spacial score (nSPS) is 19.1. The van der Waals surface area contributed by atoms with Gasteiger partial charge >= 0.3 is 0 Å². The summed E-state index contributed by atoms with van der Waals surface area (Å²) in [6, 6.07) is 10.9. The molecule has 0 aromatic heterocycles. The number of nitrogens with one attached hydrogen (secondary N) is 1. The molecule has 1 N–H and O–H groups in total. The summed E-state index contributed by atoms with van der Waals surface area (Å²) in [5.74, 6) is 1.28. The van der Waals surface area contributed by atoms with E-state index in [1.54, 1.807) is 0 Å². The monoisotopic (exact) mass is 274 g/mol. The van der Waals surface area contributed by atoms with E-state index < -0.39 is 0 Å². The minimum absolute atomic E-state index is 0.415. The summed E-state index contributed by atoms with van der Waals surface area (Å²) in [5.41, 5.74) is 1.88. The smallest absolute Gasteiger partial charge is 0.0327 e. The lowest BCUT2D eigenvalue weighted by molar-refractivity contribution is 0.0595. The van der Waals surface area contributed by atoms with Gasteiger partial charge in [-0.25, -0.2) is 0 Å². The van der Waals surface area contributed by atoms with Crippen molar-refractivity contribution in [1.82, 2.24) is 10.2 Å². The second kappa shape index (κ2) is 6.73. The van der Waals surface area contributed by atoms with Gasteiger partial charge in [-0.3, -0.25) is 0 Å². The van der Waals surface area contributed by atoms with E-state index in [1.807, 2.05) is 0 Å². The van der Waals surface area contributed by atoms with Crippen molar-refractivity contribution in [3.05, 3.63) is 35.9 Å². The van der Waals surface area contributed by atoms with Crippen molar-refractivity contribution in [2.75, 3.05) is 27.2 Å². The molecule has 1 fully saturated rings. The third kappa shape index (κ3) is 3.42. The van der Waals surface area contributed by atoms with E-state index in [-0.39, 0.29) is 0 Å². The summed E-state index contributed by atoms with van der Waals surface area (Å²) < 4.78 is 0. The Labute approximate surface area is 124 Å². The molecule has 0 heterocycles. The molecule has 0 radical (unpaired) electrons. The predicted molar refractivity (Wildman–Crippen MR) is 87.2 cm³/mol. The first-order valence-electron chi connectivity index (χ1n) is 7.98. The SMILES string of the molecule is CC(C)C(CNCC1(N(C)C)CCC1)c1ccccc1. The lowest BCUT2D eigenvalue weighted by Crippen LogP contribution is -2.56. The molecule has 2 nitrogen and oxygen atoms in total. The molecule has 0 aliphatic heterocycles. The van der Waals surface area contributed by atoms with Crippen molar-refractivity contribution in [3.63, 3.8) is 0 Å². The highest BCUT2D eigenvalue weighted by molar-refractivity contribution is 5.20. The molecule has 1 aliphatic carbocycles. The molecule has 0 spiro atoms. The van der Waals surface area contributed by atoms with Crippen LogP contribution >= 0.6 is 0 Å². The van der Waals surface area contributed by atoms with Gasteiger partial charge < -0.3 is 10.2 Å². The molecule has 1 saturated carbocycles. The molecule has 1 aromatic rings. The second-order valence-corrected chi connectivity index (χ2v) is 6.86. The Bertz CT molecular complexity index is 393. The Kier molecular flexibility index (Phi) is 5.22. The average molecular weight is 274 g/mol. The minimum Gasteiger partial charge on any atom is -0.314 e. The van der Waals surface area contributed by atoms with Gasteiger partial charge in [0.15, 0.2) is 0 Å². The van der Waals surface area contributed by atoms with Gasteiger partial charge in [0.05, 0.1) is 0 Å². The topological polar surface area (TPSA) is 15.3 Å². The van der Waals surface area contributed by atoms with E-state index in [0.29, 0.717) is 17.4 Å². The molecule has 1 unspecified atom stereocenters. The second-order valence-electron chi connectivity index (χ2n) is 6.86. The van der Waals surface area contributed by atoms with Gasteiger partial charge in [0.25, 0.3) is 0 Å². The van der Waals surface area contributed by atoms with E-state index in [2.05, 4.69) is 68.5 Å². The maximum atomic E-state index is 3.75. The molecule has 1 aromatic carbocycles. The van der Waals surface area contributed by atoms with Gasteiger partial charge in [0.2, 0.25) is 0 Å². The Morgan fingerprint density at radius 3 is 2.25 bits per heavy atom. The Balaban J connectivity index is 1.90. The molecule has 2 rings (SSSR count). The van der Waals surface area contributed by atoms with Crippen molar-refractivity contribution in [3.8, 4) is 0 Å². The standard InChI is InChI=1S/C18H30N2/c1-15(2)17(16-9-6-5-7-10-16)13-19-14-18(20(3)4)11-8-12-18/h5-7,9-10,15,17,19H,8,11-14H2,1-4H3. The van der Waals surface area contributed by atoms with Crippen LogP contribution in [-0.4, -0.2) is 37.6 Å². The summed E-state index contributed by atoms with van der Waals surface area (Å²) in [7, 11) is 4.44. The average Bonchev–Trinajstić information content (AvgIpc) is 2.37. The highest BCUT2D eigenvalue weighted by Crippen LogP contribution is 2.35. The van der Waals surface area contributed by atoms with Gasteiger partial charge in [0, 0.05) is 18.6 Å². The molecule has 1 aliphatic rings. The first-order valence-corrected chi connectivity index (χ1v) is 7.98. The van der Waals surface area contributed by atoms with Gasteiger partial charge in [-0.2, -0.15) is 0 Å².